The molecule has 0 amide bonds. The van der Waals surface area contributed by atoms with Crippen LogP contribution < -0.4 is 22.1 Å². The topological polar surface area (TPSA) is 101 Å². The number of aliphatic imine (C=N–C) groups is 2. The number of nitrogens with two attached hydrogens (primary N) is 2. The van der Waals surface area contributed by atoms with Gasteiger partial charge in [0, 0.05) is 13.1 Å². The Morgan fingerprint density at radius 1 is 0.577 bits per heavy atom. The largest absolute Gasteiger partial charge is 0.388 e. The van der Waals surface area contributed by atoms with Crippen LogP contribution in [0.4, 0.5) is 0 Å². The van der Waals surface area contributed by atoms with Gasteiger partial charge in [-0.3, -0.25) is 9.98 Å². The van der Waals surface area contributed by atoms with Crippen molar-refractivity contribution in [2.45, 2.75) is 52.4 Å². The first-order chi connectivity index (χ1) is 10.6. The van der Waals surface area contributed by atoms with Gasteiger partial charge in [-0.05, 0) is 65.7 Å². The molecule has 6 nitrogen and oxygen atoms in total. The van der Waals surface area contributed by atoms with Gasteiger partial charge in [0.05, 0.1) is 11.7 Å². The lowest BCUT2D eigenvalue weighted by atomic mass is 10.2. The molecule has 0 atom stereocenters. The number of amidine groups is 2. The van der Waals surface area contributed by atoms with Gasteiger partial charge in [-0.1, -0.05) is 12.8 Å². The maximum atomic E-state index is 5.47. The molecule has 0 aromatic heterocycles. The fourth-order valence-corrected chi connectivity index (χ4v) is 2.02. The van der Waals surface area contributed by atoms with Gasteiger partial charge >= 0.3 is 0 Å². The summed E-state index contributed by atoms with van der Waals surface area (Å²) in [6, 6.07) is 0. The minimum absolute atomic E-state index is 0. The molecule has 0 aliphatic rings. The van der Waals surface area contributed by atoms with Crippen molar-refractivity contribution >= 4 is 61.3 Å². The van der Waals surface area contributed by atoms with E-state index in [9.17, 15) is 0 Å². The molecule has 0 unspecified atom stereocenters. The van der Waals surface area contributed by atoms with E-state index in [0.29, 0.717) is 11.7 Å². The van der Waals surface area contributed by atoms with Gasteiger partial charge in [-0.15, -0.1) is 49.6 Å². The summed E-state index contributed by atoms with van der Waals surface area (Å²) in [5.74, 6) is 1.35. The molecule has 0 heterocycles. The van der Waals surface area contributed by atoms with Crippen molar-refractivity contribution in [2.75, 3.05) is 39.3 Å². The molecule has 0 fully saturated rings. The van der Waals surface area contributed by atoms with E-state index in [2.05, 4.69) is 20.6 Å². The third kappa shape index (κ3) is 35.2. The molecule has 0 aromatic rings. The second-order valence-electron chi connectivity index (χ2n) is 5.67. The third-order valence-corrected chi connectivity index (χ3v) is 3.20. The van der Waals surface area contributed by atoms with E-state index in [0.717, 1.165) is 52.1 Å². The summed E-state index contributed by atoms with van der Waals surface area (Å²) in [6.07, 6.45) is 7.22. The van der Waals surface area contributed by atoms with Crippen molar-refractivity contribution in [2.24, 2.45) is 21.5 Å². The summed E-state index contributed by atoms with van der Waals surface area (Å²) in [5, 5.41) is 6.89. The Bertz CT molecular complexity index is 279. The van der Waals surface area contributed by atoms with Crippen LogP contribution in [0.3, 0.4) is 0 Å². The summed E-state index contributed by atoms with van der Waals surface area (Å²) in [4.78, 5) is 8.32. The Morgan fingerprint density at radius 2 is 0.885 bits per heavy atom. The minimum Gasteiger partial charge on any atom is -0.388 e. The third-order valence-electron chi connectivity index (χ3n) is 3.20. The van der Waals surface area contributed by atoms with Gasteiger partial charge in [-0.25, -0.2) is 0 Å². The smallest absolute Gasteiger partial charge is 0.0905 e. The molecule has 0 bridgehead atoms. The fraction of sp³-hybridized carbons (Fsp3) is 0.875. The zero-order chi connectivity index (χ0) is 16.5. The van der Waals surface area contributed by atoms with Crippen molar-refractivity contribution in [1.29, 1.82) is 0 Å². The van der Waals surface area contributed by atoms with Gasteiger partial charge in [0.1, 0.15) is 0 Å². The van der Waals surface area contributed by atoms with E-state index >= 15 is 0 Å². The van der Waals surface area contributed by atoms with Crippen molar-refractivity contribution in [3.05, 3.63) is 0 Å². The van der Waals surface area contributed by atoms with Crippen LogP contribution in [0.15, 0.2) is 9.98 Å². The van der Waals surface area contributed by atoms with Crippen molar-refractivity contribution < 1.29 is 0 Å². The van der Waals surface area contributed by atoms with E-state index in [4.69, 9.17) is 11.5 Å². The summed E-state index contributed by atoms with van der Waals surface area (Å²) < 4.78 is 0. The lowest BCUT2D eigenvalue weighted by molar-refractivity contribution is 0.556. The van der Waals surface area contributed by atoms with Crippen LogP contribution in [0.1, 0.15) is 52.4 Å². The van der Waals surface area contributed by atoms with Gasteiger partial charge in [0.25, 0.3) is 0 Å². The first-order valence-corrected chi connectivity index (χ1v) is 8.57. The number of unbranched alkanes of at least 4 members (excludes halogenated alkanes) is 3. The van der Waals surface area contributed by atoms with Gasteiger partial charge < -0.3 is 22.1 Å². The van der Waals surface area contributed by atoms with Crippen LogP contribution in [0.2, 0.25) is 0 Å². The molecule has 0 radical (unpaired) electrons. The number of halogens is 4. The van der Waals surface area contributed by atoms with E-state index < -0.39 is 0 Å². The minimum atomic E-state index is 0. The molecule has 0 saturated carbocycles. The monoisotopic (exact) mass is 456 g/mol. The molecule has 26 heavy (non-hydrogen) atoms. The van der Waals surface area contributed by atoms with Crippen LogP contribution in [0, 0.1) is 0 Å². The molecule has 0 spiro atoms. The summed E-state index contributed by atoms with van der Waals surface area (Å²) in [6.45, 7) is 9.60. The first kappa shape index (κ1) is 36.9. The Hall–Kier alpha value is 0.0200. The molecule has 0 rings (SSSR count). The summed E-state index contributed by atoms with van der Waals surface area (Å²) in [5.41, 5.74) is 10.9. The molecule has 0 aliphatic carbocycles. The second-order valence-corrected chi connectivity index (χ2v) is 5.67. The van der Waals surface area contributed by atoms with Crippen LogP contribution in [0.5, 0.6) is 0 Å². The van der Waals surface area contributed by atoms with Crippen molar-refractivity contribution in [3.8, 4) is 0 Å². The van der Waals surface area contributed by atoms with Gasteiger partial charge in [0.15, 0.2) is 0 Å². The average Bonchev–Trinajstić information content (AvgIpc) is 2.46. The normalized spacial score (nSPS) is 10.8. The highest BCUT2D eigenvalue weighted by Gasteiger charge is 1.92. The Kier molecular flexibility index (Phi) is 42.2. The standard InChI is InChI=1S/C16H36N6.4ClH/c1-15(17)21-13-7-11-19-9-5-3-4-6-10-20-12-8-14-22-16(2)18;;;;/h19-20H,3-14H2,1-2H3,(H2,17,21)(H2,18,22);4*1H. The SMILES string of the molecule is CC(N)=NCCCNCCCCCCNCCCN=C(C)N.Cl.Cl.Cl.Cl. The van der Waals surface area contributed by atoms with Gasteiger partial charge in [-0.2, -0.15) is 0 Å². The number of hydrogen-bond acceptors (Lipinski definition) is 4. The summed E-state index contributed by atoms with van der Waals surface area (Å²) in [7, 11) is 0. The maximum Gasteiger partial charge on any atom is 0.0905 e. The lowest BCUT2D eigenvalue weighted by Gasteiger charge is -2.05. The maximum absolute atomic E-state index is 5.47. The number of hydrogen-bond donors (Lipinski definition) is 4. The number of nitrogens with one attached hydrogen (secondary N) is 2. The van der Waals surface area contributed by atoms with E-state index in [1.807, 2.05) is 13.8 Å². The van der Waals surface area contributed by atoms with E-state index in [1.54, 1.807) is 0 Å². The number of rotatable bonds is 15. The highest BCUT2D eigenvalue weighted by Crippen LogP contribution is 1.97. The lowest BCUT2D eigenvalue weighted by Crippen LogP contribution is -2.19. The summed E-state index contributed by atoms with van der Waals surface area (Å²) >= 11 is 0. The predicted molar refractivity (Wildman–Crippen MR) is 127 cm³/mol. The highest BCUT2D eigenvalue weighted by atomic mass is 35.5. The molecule has 6 N–H and O–H groups in total. The molecule has 0 aliphatic heterocycles. The Balaban J connectivity index is -0.000000367. The van der Waals surface area contributed by atoms with Crippen LogP contribution in [-0.2, 0) is 0 Å². The van der Waals surface area contributed by atoms with E-state index in [-0.39, 0.29) is 49.6 Å². The molecule has 0 aromatic carbocycles. The van der Waals surface area contributed by atoms with E-state index in [1.165, 1.54) is 25.7 Å². The zero-order valence-electron chi connectivity index (χ0n) is 16.2. The van der Waals surface area contributed by atoms with Crippen LogP contribution in [-0.4, -0.2) is 50.9 Å². The van der Waals surface area contributed by atoms with Crippen molar-refractivity contribution in [3.63, 3.8) is 0 Å². The van der Waals surface area contributed by atoms with Crippen molar-refractivity contribution in [1.82, 2.24) is 10.6 Å². The quantitative estimate of drug-likeness (QED) is 0.172. The first-order valence-electron chi connectivity index (χ1n) is 8.57. The highest BCUT2D eigenvalue weighted by molar-refractivity contribution is 5.86. The molecular weight excluding hydrogens is 418 g/mol. The average molecular weight is 458 g/mol. The molecular formula is C16H40Cl4N6. The second kappa shape index (κ2) is 29.8. The molecule has 162 valence electrons. The molecule has 0 saturated heterocycles. The Morgan fingerprint density at radius 3 is 1.19 bits per heavy atom. The Labute approximate surface area is 184 Å². The van der Waals surface area contributed by atoms with Crippen LogP contribution >= 0.6 is 49.6 Å². The molecule has 10 heteroatoms. The zero-order valence-corrected chi connectivity index (χ0v) is 19.4. The van der Waals surface area contributed by atoms with Gasteiger partial charge in [0.2, 0.25) is 0 Å². The predicted octanol–water partition coefficient (Wildman–Crippen LogP) is 2.95. The van der Waals surface area contributed by atoms with Crippen LogP contribution in [0.25, 0.3) is 0 Å². The number of nitrogens with zero attached hydrogens (tertiary/aromatic N) is 2. The fourth-order valence-electron chi connectivity index (χ4n) is 2.02.